The molecule has 0 saturated carbocycles. The first kappa shape index (κ1) is 21.8. The number of benzene rings is 2. The van der Waals surface area contributed by atoms with E-state index in [1.165, 1.54) is 14.7 Å². The number of anilines is 1. The van der Waals surface area contributed by atoms with Crippen LogP contribution in [0.25, 0.3) is 0 Å². The molecule has 0 radical (unpaired) electrons. The predicted molar refractivity (Wildman–Crippen MR) is 116 cm³/mol. The molecule has 0 spiro atoms. The number of nitrogens with zero attached hydrogens (tertiary/aromatic N) is 1. The predicted octanol–water partition coefficient (Wildman–Crippen LogP) is -0.811. The first-order valence-corrected chi connectivity index (χ1v) is 10.5. The summed E-state index contributed by atoms with van der Waals surface area (Å²) in [6.45, 7) is 6.19. The van der Waals surface area contributed by atoms with E-state index in [4.69, 9.17) is 4.74 Å². The molecule has 1 saturated heterocycles. The standard InChI is InChI=1S/C23H30N4O3/c1-25(2)23(29)19-8-10-20(11-9-19)24-22(28)18-27-14-12-26(13-15-27)16-17-30-21-6-4-3-5-7-21/h3-11H,12-18H2,1-2H3,(H,24,28)/p+2. The Kier molecular flexibility index (Phi) is 7.82. The molecule has 2 amide bonds. The lowest BCUT2D eigenvalue weighted by Gasteiger charge is -2.29. The van der Waals surface area contributed by atoms with Crippen LogP contribution in [0.5, 0.6) is 5.75 Å². The van der Waals surface area contributed by atoms with Crippen LogP contribution in [-0.4, -0.2) is 76.7 Å². The third-order valence-electron chi connectivity index (χ3n) is 5.36. The van der Waals surface area contributed by atoms with Gasteiger partial charge in [0.05, 0.1) is 0 Å². The summed E-state index contributed by atoms with van der Waals surface area (Å²) in [4.78, 5) is 28.7. The smallest absolute Gasteiger partial charge is 0.279 e. The van der Waals surface area contributed by atoms with E-state index in [0.29, 0.717) is 18.7 Å². The molecular weight excluding hydrogens is 380 g/mol. The molecule has 7 nitrogen and oxygen atoms in total. The van der Waals surface area contributed by atoms with Crippen molar-refractivity contribution in [2.75, 3.05) is 65.3 Å². The summed E-state index contributed by atoms with van der Waals surface area (Å²) in [5.41, 5.74) is 1.33. The summed E-state index contributed by atoms with van der Waals surface area (Å²) in [5, 5.41) is 2.94. The molecule has 0 aliphatic carbocycles. The second-order valence-electron chi connectivity index (χ2n) is 7.91. The summed E-state index contributed by atoms with van der Waals surface area (Å²) in [5.74, 6) is 0.872. The van der Waals surface area contributed by atoms with Gasteiger partial charge >= 0.3 is 0 Å². The molecule has 0 aromatic heterocycles. The molecule has 3 N–H and O–H groups in total. The summed E-state index contributed by atoms with van der Waals surface area (Å²) in [6.07, 6.45) is 0. The third-order valence-corrected chi connectivity index (χ3v) is 5.36. The average molecular weight is 413 g/mol. The van der Waals surface area contributed by atoms with E-state index in [0.717, 1.165) is 44.2 Å². The molecule has 160 valence electrons. The largest absolute Gasteiger partial charge is 0.488 e. The number of hydrogen-bond donors (Lipinski definition) is 3. The van der Waals surface area contributed by atoms with Crippen LogP contribution < -0.4 is 19.9 Å². The van der Waals surface area contributed by atoms with Crippen LogP contribution in [0.15, 0.2) is 54.6 Å². The lowest BCUT2D eigenvalue weighted by molar-refractivity contribution is -1.01. The van der Waals surface area contributed by atoms with Crippen molar-refractivity contribution in [3.05, 3.63) is 60.2 Å². The molecule has 7 heteroatoms. The first-order chi connectivity index (χ1) is 14.5. The van der Waals surface area contributed by atoms with E-state index < -0.39 is 0 Å². The van der Waals surface area contributed by atoms with Gasteiger partial charge in [-0.2, -0.15) is 0 Å². The van der Waals surface area contributed by atoms with E-state index >= 15 is 0 Å². The minimum Gasteiger partial charge on any atom is -0.488 e. The lowest BCUT2D eigenvalue weighted by atomic mass is 10.2. The number of nitrogens with one attached hydrogen (secondary N) is 3. The Balaban J connectivity index is 1.35. The first-order valence-electron chi connectivity index (χ1n) is 10.5. The number of carbonyl (C=O) groups is 2. The normalized spacial score (nSPS) is 18.5. The Morgan fingerprint density at radius 1 is 0.933 bits per heavy atom. The van der Waals surface area contributed by atoms with Crippen molar-refractivity contribution in [3.63, 3.8) is 0 Å². The quantitative estimate of drug-likeness (QED) is 0.531. The van der Waals surface area contributed by atoms with Gasteiger partial charge in [0, 0.05) is 25.3 Å². The highest BCUT2D eigenvalue weighted by molar-refractivity contribution is 5.95. The van der Waals surface area contributed by atoms with Crippen LogP contribution in [0.4, 0.5) is 5.69 Å². The molecule has 0 unspecified atom stereocenters. The summed E-state index contributed by atoms with van der Waals surface area (Å²) in [6, 6.07) is 16.9. The maximum atomic E-state index is 12.4. The molecule has 0 atom stereocenters. The number of rotatable bonds is 8. The van der Waals surface area contributed by atoms with Crippen LogP contribution in [0.2, 0.25) is 0 Å². The van der Waals surface area contributed by atoms with Crippen molar-refractivity contribution in [1.29, 1.82) is 0 Å². The van der Waals surface area contributed by atoms with Gasteiger partial charge in [-0.25, -0.2) is 0 Å². The molecule has 30 heavy (non-hydrogen) atoms. The molecule has 0 bridgehead atoms. The van der Waals surface area contributed by atoms with Crippen molar-refractivity contribution in [2.45, 2.75) is 0 Å². The molecule has 1 aliphatic heterocycles. The highest BCUT2D eigenvalue weighted by Gasteiger charge is 2.24. The maximum absolute atomic E-state index is 12.4. The number of hydrogen-bond acceptors (Lipinski definition) is 3. The van der Waals surface area contributed by atoms with E-state index in [9.17, 15) is 9.59 Å². The van der Waals surface area contributed by atoms with Gasteiger partial charge in [0.15, 0.2) is 6.54 Å². The summed E-state index contributed by atoms with van der Waals surface area (Å²) in [7, 11) is 3.44. The van der Waals surface area contributed by atoms with Crippen LogP contribution in [0.3, 0.4) is 0 Å². The van der Waals surface area contributed by atoms with E-state index in [2.05, 4.69) is 5.32 Å². The molecule has 3 rings (SSSR count). The fraction of sp³-hybridized carbons (Fsp3) is 0.391. The van der Waals surface area contributed by atoms with Crippen LogP contribution in [0, 0.1) is 0 Å². The molecule has 2 aromatic rings. The Hall–Kier alpha value is -2.90. The van der Waals surface area contributed by atoms with Gasteiger partial charge in [-0.3, -0.25) is 9.59 Å². The molecule has 1 aliphatic rings. The van der Waals surface area contributed by atoms with Crippen molar-refractivity contribution in [3.8, 4) is 5.75 Å². The Labute approximate surface area is 178 Å². The number of quaternary nitrogens is 2. The molecular formula is C23H32N4O3+2. The Morgan fingerprint density at radius 2 is 1.57 bits per heavy atom. The minimum absolute atomic E-state index is 0.00699. The van der Waals surface area contributed by atoms with E-state index in [-0.39, 0.29) is 11.8 Å². The lowest BCUT2D eigenvalue weighted by Crippen LogP contribution is -3.28. The zero-order chi connectivity index (χ0) is 21.3. The third kappa shape index (κ3) is 6.57. The van der Waals surface area contributed by atoms with Gasteiger partial charge in [0.2, 0.25) is 0 Å². The second kappa shape index (κ2) is 10.8. The molecule has 1 fully saturated rings. The van der Waals surface area contributed by atoms with Gasteiger partial charge in [-0.1, -0.05) is 18.2 Å². The number of para-hydroxylation sites is 1. The van der Waals surface area contributed by atoms with Crippen LogP contribution in [-0.2, 0) is 4.79 Å². The highest BCUT2D eigenvalue weighted by Crippen LogP contribution is 2.10. The van der Waals surface area contributed by atoms with Gasteiger partial charge < -0.3 is 24.8 Å². The number of amides is 2. The van der Waals surface area contributed by atoms with Crippen molar-refractivity contribution in [2.24, 2.45) is 0 Å². The second-order valence-corrected chi connectivity index (χ2v) is 7.91. The van der Waals surface area contributed by atoms with Gasteiger partial charge in [-0.15, -0.1) is 0 Å². The van der Waals surface area contributed by atoms with Crippen LogP contribution in [0.1, 0.15) is 10.4 Å². The number of carbonyl (C=O) groups excluding carboxylic acids is 2. The van der Waals surface area contributed by atoms with E-state index in [1.807, 2.05) is 30.3 Å². The molecule has 1 heterocycles. The number of ether oxygens (including phenoxy) is 1. The minimum atomic E-state index is -0.0492. The topological polar surface area (TPSA) is 67.5 Å². The fourth-order valence-electron chi connectivity index (χ4n) is 3.60. The van der Waals surface area contributed by atoms with Crippen LogP contribution >= 0.6 is 0 Å². The fourth-order valence-corrected chi connectivity index (χ4v) is 3.60. The highest BCUT2D eigenvalue weighted by atomic mass is 16.5. The van der Waals surface area contributed by atoms with Crippen molar-refractivity contribution in [1.82, 2.24) is 4.90 Å². The van der Waals surface area contributed by atoms with Gasteiger partial charge in [0.1, 0.15) is 45.1 Å². The van der Waals surface area contributed by atoms with Gasteiger partial charge in [0.25, 0.3) is 11.8 Å². The summed E-state index contributed by atoms with van der Waals surface area (Å²) >= 11 is 0. The van der Waals surface area contributed by atoms with E-state index in [1.54, 1.807) is 38.4 Å². The SMILES string of the molecule is CN(C)C(=O)c1ccc(NC(=O)C[NH+]2CC[NH+](CCOc3ccccc3)CC2)cc1. The van der Waals surface area contributed by atoms with Crippen molar-refractivity contribution < 1.29 is 24.1 Å². The Morgan fingerprint density at radius 3 is 2.20 bits per heavy atom. The monoisotopic (exact) mass is 412 g/mol. The Bertz CT molecular complexity index is 816. The average Bonchev–Trinajstić information content (AvgIpc) is 2.75. The summed E-state index contributed by atoms with van der Waals surface area (Å²) < 4.78 is 5.79. The molecule has 2 aromatic carbocycles. The van der Waals surface area contributed by atoms with Gasteiger partial charge in [-0.05, 0) is 36.4 Å². The number of piperazine rings is 1. The zero-order valence-electron chi connectivity index (χ0n) is 17.8. The maximum Gasteiger partial charge on any atom is 0.279 e. The van der Waals surface area contributed by atoms with Crippen molar-refractivity contribution >= 4 is 17.5 Å². The zero-order valence-corrected chi connectivity index (χ0v) is 17.8.